The van der Waals surface area contributed by atoms with Crippen molar-refractivity contribution in [2.45, 2.75) is 32.2 Å². The van der Waals surface area contributed by atoms with E-state index in [9.17, 15) is 9.18 Å². The van der Waals surface area contributed by atoms with Gasteiger partial charge in [0.2, 0.25) is 0 Å². The maximum Gasteiger partial charge on any atom is 0.253 e. The number of carbonyl (C=O) groups excluding carboxylic acids is 1. The Morgan fingerprint density at radius 2 is 2.29 bits per heavy atom. The van der Waals surface area contributed by atoms with Gasteiger partial charge in [0, 0.05) is 11.7 Å². The summed E-state index contributed by atoms with van der Waals surface area (Å²) in [6.45, 7) is 4.39. The standard InChI is InChI=1S/C12H18FN3O/c1-3-12(2,4-5-14)16-11(17)9-6-10(13)8-15-7-9/h6-8H,3-5,14H2,1-2H3,(H,16,17). The lowest BCUT2D eigenvalue weighted by atomic mass is 9.94. The number of halogens is 1. The molecule has 1 heterocycles. The lowest BCUT2D eigenvalue weighted by Gasteiger charge is -2.29. The van der Waals surface area contributed by atoms with Gasteiger partial charge in [-0.1, -0.05) is 6.92 Å². The van der Waals surface area contributed by atoms with Gasteiger partial charge in [0.05, 0.1) is 11.8 Å². The second kappa shape index (κ2) is 5.72. The van der Waals surface area contributed by atoms with Gasteiger partial charge in [0.25, 0.3) is 5.91 Å². The largest absolute Gasteiger partial charge is 0.347 e. The van der Waals surface area contributed by atoms with Crippen molar-refractivity contribution in [3.8, 4) is 0 Å². The first kappa shape index (κ1) is 13.6. The molecule has 17 heavy (non-hydrogen) atoms. The molecule has 0 saturated heterocycles. The van der Waals surface area contributed by atoms with Crippen LogP contribution in [0.15, 0.2) is 18.5 Å². The van der Waals surface area contributed by atoms with Gasteiger partial charge in [-0.05, 0) is 32.4 Å². The molecule has 0 aliphatic rings. The van der Waals surface area contributed by atoms with Crippen LogP contribution in [0.25, 0.3) is 0 Å². The smallest absolute Gasteiger partial charge is 0.253 e. The van der Waals surface area contributed by atoms with Crippen molar-refractivity contribution >= 4 is 5.91 Å². The average molecular weight is 239 g/mol. The second-order valence-electron chi connectivity index (χ2n) is 4.30. The highest BCUT2D eigenvalue weighted by molar-refractivity contribution is 5.94. The van der Waals surface area contributed by atoms with E-state index in [2.05, 4.69) is 10.3 Å². The van der Waals surface area contributed by atoms with Gasteiger partial charge in [0.15, 0.2) is 0 Å². The summed E-state index contributed by atoms with van der Waals surface area (Å²) in [5, 5.41) is 2.86. The van der Waals surface area contributed by atoms with Crippen molar-refractivity contribution in [2.24, 2.45) is 5.73 Å². The Bertz CT molecular complexity index is 397. The number of nitrogens with two attached hydrogens (primary N) is 1. The van der Waals surface area contributed by atoms with E-state index >= 15 is 0 Å². The van der Waals surface area contributed by atoms with E-state index in [1.165, 1.54) is 12.3 Å². The van der Waals surface area contributed by atoms with Gasteiger partial charge in [0.1, 0.15) is 5.82 Å². The molecule has 0 bridgehead atoms. The molecule has 1 aromatic rings. The highest BCUT2D eigenvalue weighted by Crippen LogP contribution is 2.14. The lowest BCUT2D eigenvalue weighted by Crippen LogP contribution is -2.46. The van der Waals surface area contributed by atoms with Crippen LogP contribution >= 0.6 is 0 Å². The van der Waals surface area contributed by atoms with Crippen molar-refractivity contribution in [3.63, 3.8) is 0 Å². The molecule has 0 spiro atoms. The molecular formula is C12H18FN3O. The molecule has 5 heteroatoms. The molecular weight excluding hydrogens is 221 g/mol. The van der Waals surface area contributed by atoms with Crippen LogP contribution in [0.4, 0.5) is 4.39 Å². The molecule has 1 aromatic heterocycles. The van der Waals surface area contributed by atoms with E-state index in [4.69, 9.17) is 5.73 Å². The predicted molar refractivity (Wildman–Crippen MR) is 64.0 cm³/mol. The van der Waals surface area contributed by atoms with Crippen molar-refractivity contribution in [3.05, 3.63) is 29.8 Å². The third-order valence-electron chi connectivity index (χ3n) is 2.86. The Balaban J connectivity index is 2.77. The Hall–Kier alpha value is -1.49. The molecule has 94 valence electrons. The maximum absolute atomic E-state index is 12.9. The first-order valence-electron chi connectivity index (χ1n) is 5.64. The zero-order valence-electron chi connectivity index (χ0n) is 10.2. The predicted octanol–water partition coefficient (Wildman–Crippen LogP) is 1.47. The Morgan fingerprint density at radius 1 is 1.59 bits per heavy atom. The minimum atomic E-state index is -0.519. The van der Waals surface area contributed by atoms with Crippen LogP contribution in [-0.4, -0.2) is 23.0 Å². The fraction of sp³-hybridized carbons (Fsp3) is 0.500. The Morgan fingerprint density at radius 3 is 2.82 bits per heavy atom. The van der Waals surface area contributed by atoms with Gasteiger partial charge in [-0.2, -0.15) is 0 Å². The van der Waals surface area contributed by atoms with Crippen LogP contribution in [0.2, 0.25) is 0 Å². The number of hydrogen-bond acceptors (Lipinski definition) is 3. The second-order valence-corrected chi connectivity index (χ2v) is 4.30. The summed E-state index contributed by atoms with van der Waals surface area (Å²) in [5.41, 5.74) is 5.37. The summed E-state index contributed by atoms with van der Waals surface area (Å²) in [4.78, 5) is 15.5. The van der Waals surface area contributed by atoms with Crippen molar-refractivity contribution < 1.29 is 9.18 Å². The highest BCUT2D eigenvalue weighted by atomic mass is 19.1. The first-order valence-corrected chi connectivity index (χ1v) is 5.64. The zero-order chi connectivity index (χ0) is 12.9. The van der Waals surface area contributed by atoms with Crippen LogP contribution in [0.3, 0.4) is 0 Å². The van der Waals surface area contributed by atoms with Crippen LogP contribution < -0.4 is 11.1 Å². The monoisotopic (exact) mass is 239 g/mol. The third-order valence-corrected chi connectivity index (χ3v) is 2.86. The normalized spacial score (nSPS) is 14.1. The number of nitrogens with one attached hydrogen (secondary N) is 1. The number of amides is 1. The number of aromatic nitrogens is 1. The number of nitrogens with zero attached hydrogens (tertiary/aromatic N) is 1. The van der Waals surface area contributed by atoms with Crippen LogP contribution in [0.1, 0.15) is 37.0 Å². The fourth-order valence-electron chi connectivity index (χ4n) is 1.53. The van der Waals surface area contributed by atoms with E-state index < -0.39 is 5.82 Å². The molecule has 0 aromatic carbocycles. The molecule has 0 aliphatic heterocycles. The molecule has 0 aliphatic carbocycles. The number of pyridine rings is 1. The minimum absolute atomic E-state index is 0.224. The summed E-state index contributed by atoms with van der Waals surface area (Å²) < 4.78 is 12.9. The number of hydrogen-bond donors (Lipinski definition) is 2. The highest BCUT2D eigenvalue weighted by Gasteiger charge is 2.24. The summed E-state index contributed by atoms with van der Waals surface area (Å²) in [6, 6.07) is 1.17. The van der Waals surface area contributed by atoms with E-state index in [1.807, 2.05) is 13.8 Å². The molecule has 1 rings (SSSR count). The van der Waals surface area contributed by atoms with Gasteiger partial charge in [-0.15, -0.1) is 0 Å². The van der Waals surface area contributed by atoms with E-state index in [0.717, 1.165) is 12.6 Å². The van der Waals surface area contributed by atoms with E-state index in [-0.39, 0.29) is 17.0 Å². The third kappa shape index (κ3) is 3.78. The quantitative estimate of drug-likeness (QED) is 0.817. The van der Waals surface area contributed by atoms with Gasteiger partial charge >= 0.3 is 0 Å². The topological polar surface area (TPSA) is 68.0 Å². The lowest BCUT2D eigenvalue weighted by molar-refractivity contribution is 0.0899. The fourth-order valence-corrected chi connectivity index (χ4v) is 1.53. The van der Waals surface area contributed by atoms with Crippen LogP contribution in [0, 0.1) is 5.82 Å². The molecule has 1 unspecified atom stereocenters. The van der Waals surface area contributed by atoms with Gasteiger partial charge in [-0.25, -0.2) is 4.39 Å². The Kier molecular flexibility index (Phi) is 4.57. The van der Waals surface area contributed by atoms with Crippen LogP contribution in [-0.2, 0) is 0 Å². The summed E-state index contributed by atoms with van der Waals surface area (Å²) in [7, 11) is 0. The minimum Gasteiger partial charge on any atom is -0.347 e. The number of rotatable bonds is 5. The summed E-state index contributed by atoms with van der Waals surface area (Å²) in [6.07, 6.45) is 3.85. The van der Waals surface area contributed by atoms with Crippen molar-refractivity contribution in [2.75, 3.05) is 6.54 Å². The molecule has 1 atom stereocenters. The molecule has 1 amide bonds. The van der Waals surface area contributed by atoms with Crippen molar-refractivity contribution in [1.29, 1.82) is 0 Å². The summed E-state index contributed by atoms with van der Waals surface area (Å²) >= 11 is 0. The van der Waals surface area contributed by atoms with Crippen LogP contribution in [0.5, 0.6) is 0 Å². The molecule has 3 N–H and O–H groups in total. The van der Waals surface area contributed by atoms with E-state index in [0.29, 0.717) is 13.0 Å². The van der Waals surface area contributed by atoms with Gasteiger partial charge in [-0.3, -0.25) is 9.78 Å². The molecule has 0 fully saturated rings. The maximum atomic E-state index is 12.9. The first-order chi connectivity index (χ1) is 8.00. The molecule has 0 radical (unpaired) electrons. The molecule has 4 nitrogen and oxygen atoms in total. The number of carbonyl (C=O) groups is 1. The Labute approximate surface area is 100 Å². The van der Waals surface area contributed by atoms with Crippen molar-refractivity contribution in [1.82, 2.24) is 10.3 Å². The average Bonchev–Trinajstić information content (AvgIpc) is 2.29. The molecule has 0 saturated carbocycles. The SMILES string of the molecule is CCC(C)(CCN)NC(=O)c1cncc(F)c1. The summed E-state index contributed by atoms with van der Waals surface area (Å²) in [5.74, 6) is -0.843. The van der Waals surface area contributed by atoms with Gasteiger partial charge < -0.3 is 11.1 Å². The van der Waals surface area contributed by atoms with E-state index in [1.54, 1.807) is 0 Å². The zero-order valence-corrected chi connectivity index (χ0v) is 10.2.